The molecule has 1 amide bonds. The van der Waals surface area contributed by atoms with Crippen molar-refractivity contribution in [2.45, 2.75) is 18.9 Å². The minimum Gasteiger partial charge on any atom is -0.481 e. The number of carbonyl (C=O) groups excluding carboxylic acids is 1. The number of amides is 1. The third-order valence-corrected chi connectivity index (χ3v) is 2.46. The Kier molecular flexibility index (Phi) is 6.14. The van der Waals surface area contributed by atoms with Crippen LogP contribution in [0.4, 0.5) is 8.78 Å². The number of aliphatic carboxylic acids is 1. The van der Waals surface area contributed by atoms with Gasteiger partial charge in [-0.3, -0.25) is 4.79 Å². The first-order chi connectivity index (χ1) is 9.93. The van der Waals surface area contributed by atoms with Crippen LogP contribution in [0.2, 0.25) is 0 Å². The van der Waals surface area contributed by atoms with Gasteiger partial charge in [-0.1, -0.05) is 5.92 Å². The zero-order valence-corrected chi connectivity index (χ0v) is 10.9. The van der Waals surface area contributed by atoms with Crippen LogP contribution in [0, 0.1) is 12.3 Å². The number of nitrogens with one attached hydrogen (secondary N) is 1. The molecule has 7 heteroatoms. The number of hydrogen-bond donors (Lipinski definition) is 2. The van der Waals surface area contributed by atoms with E-state index in [4.69, 9.17) is 16.3 Å². The lowest BCUT2D eigenvalue weighted by atomic mass is 10.1. The molecule has 0 aliphatic rings. The van der Waals surface area contributed by atoms with Crippen molar-refractivity contribution in [2.24, 2.45) is 0 Å². The molecule has 0 saturated heterocycles. The normalized spacial score (nSPS) is 11.5. The molecule has 112 valence electrons. The first-order valence-electron chi connectivity index (χ1n) is 5.92. The monoisotopic (exact) mass is 297 g/mol. The Hall–Kier alpha value is -2.62. The molecule has 0 radical (unpaired) electrons. The number of carbonyl (C=O) groups is 2. The Balaban J connectivity index is 2.69. The third-order valence-electron chi connectivity index (χ3n) is 2.46. The zero-order valence-electron chi connectivity index (χ0n) is 10.9. The molecule has 0 bridgehead atoms. The molecule has 21 heavy (non-hydrogen) atoms. The number of halogens is 2. The van der Waals surface area contributed by atoms with Gasteiger partial charge in [0.1, 0.15) is 18.4 Å². The first-order valence-corrected chi connectivity index (χ1v) is 5.92. The predicted molar refractivity (Wildman–Crippen MR) is 70.3 cm³/mol. The maximum absolute atomic E-state index is 12.2. The van der Waals surface area contributed by atoms with Crippen LogP contribution >= 0.6 is 0 Å². The number of rotatable bonds is 7. The Morgan fingerprint density at radius 1 is 1.33 bits per heavy atom. The zero-order chi connectivity index (χ0) is 15.8. The maximum Gasteiger partial charge on any atom is 0.326 e. The quantitative estimate of drug-likeness (QED) is 0.749. The van der Waals surface area contributed by atoms with Crippen LogP contribution in [0.25, 0.3) is 0 Å². The minimum absolute atomic E-state index is 0.0705. The lowest BCUT2D eigenvalue weighted by Gasteiger charge is -2.14. The second-order valence-corrected chi connectivity index (χ2v) is 4.01. The van der Waals surface area contributed by atoms with Gasteiger partial charge in [0.15, 0.2) is 0 Å². The van der Waals surface area contributed by atoms with Gasteiger partial charge in [-0.15, -0.1) is 6.42 Å². The fourth-order valence-corrected chi connectivity index (χ4v) is 1.47. The van der Waals surface area contributed by atoms with Gasteiger partial charge in [0.25, 0.3) is 5.91 Å². The van der Waals surface area contributed by atoms with Crippen LogP contribution in [0.3, 0.4) is 0 Å². The van der Waals surface area contributed by atoms with Crippen molar-refractivity contribution in [2.75, 3.05) is 6.61 Å². The molecule has 0 aliphatic heterocycles. The second kappa shape index (κ2) is 7.85. The number of carboxylic acids is 1. The van der Waals surface area contributed by atoms with Gasteiger partial charge < -0.3 is 15.2 Å². The lowest BCUT2D eigenvalue weighted by molar-refractivity contribution is -0.140. The first kappa shape index (κ1) is 16.4. The summed E-state index contributed by atoms with van der Waals surface area (Å²) in [5.74, 6) is 0.435. The molecule has 1 aromatic carbocycles. The van der Waals surface area contributed by atoms with Gasteiger partial charge in [-0.2, -0.15) is 0 Å². The standard InChI is InChI=1S/C14H13F2NO4/c1-2-7-21-10-5-3-9(4-6-10)13(18)17-11(14(19)20)8-12(15)16/h1,3-6,11-12H,7-8H2,(H,17,18)(H,19,20). The molecule has 0 saturated carbocycles. The molecule has 0 fully saturated rings. The van der Waals surface area contributed by atoms with Crippen molar-refractivity contribution in [1.82, 2.24) is 5.32 Å². The molecular weight excluding hydrogens is 284 g/mol. The highest BCUT2D eigenvalue weighted by Gasteiger charge is 2.24. The molecule has 0 aliphatic carbocycles. The molecule has 0 heterocycles. The highest BCUT2D eigenvalue weighted by Crippen LogP contribution is 2.13. The number of alkyl halides is 2. The molecule has 0 aromatic heterocycles. The molecule has 1 rings (SSSR count). The largest absolute Gasteiger partial charge is 0.481 e. The van der Waals surface area contributed by atoms with Crippen molar-refractivity contribution in [3.05, 3.63) is 29.8 Å². The smallest absolute Gasteiger partial charge is 0.326 e. The minimum atomic E-state index is -2.83. The van der Waals surface area contributed by atoms with Crippen molar-refractivity contribution < 1.29 is 28.2 Å². The van der Waals surface area contributed by atoms with E-state index in [0.29, 0.717) is 5.75 Å². The highest BCUT2D eigenvalue weighted by molar-refractivity contribution is 5.96. The maximum atomic E-state index is 12.2. The van der Waals surface area contributed by atoms with E-state index >= 15 is 0 Å². The SMILES string of the molecule is C#CCOc1ccc(C(=O)NC(CC(F)F)C(=O)O)cc1. The Morgan fingerprint density at radius 3 is 2.43 bits per heavy atom. The number of ether oxygens (including phenoxy) is 1. The molecule has 1 unspecified atom stereocenters. The van der Waals surface area contributed by atoms with Crippen LogP contribution in [0.15, 0.2) is 24.3 Å². The highest BCUT2D eigenvalue weighted by atomic mass is 19.3. The predicted octanol–water partition coefficient (Wildman–Crippen LogP) is 1.54. The van der Waals surface area contributed by atoms with E-state index in [1.165, 1.54) is 24.3 Å². The summed E-state index contributed by atoms with van der Waals surface area (Å²) in [5, 5.41) is 10.8. The molecule has 1 aromatic rings. The van der Waals surface area contributed by atoms with E-state index in [-0.39, 0.29) is 12.2 Å². The summed E-state index contributed by atoms with van der Waals surface area (Å²) in [6.45, 7) is 0.0705. The molecular formula is C14H13F2NO4. The van der Waals surface area contributed by atoms with Gasteiger partial charge in [0, 0.05) is 12.0 Å². The van der Waals surface area contributed by atoms with Crippen molar-refractivity contribution in [1.29, 1.82) is 0 Å². The molecule has 2 N–H and O–H groups in total. The van der Waals surface area contributed by atoms with Crippen molar-refractivity contribution in [3.8, 4) is 18.1 Å². The third kappa shape index (κ3) is 5.48. The van der Waals surface area contributed by atoms with Crippen LogP contribution in [-0.4, -0.2) is 36.1 Å². The van der Waals surface area contributed by atoms with Crippen LogP contribution in [0.5, 0.6) is 5.75 Å². The van der Waals surface area contributed by atoms with E-state index in [0.717, 1.165) is 0 Å². The number of carboxylic acid groups (broad SMARTS) is 1. The van der Waals surface area contributed by atoms with Crippen molar-refractivity contribution in [3.63, 3.8) is 0 Å². The van der Waals surface area contributed by atoms with Crippen LogP contribution in [-0.2, 0) is 4.79 Å². The Morgan fingerprint density at radius 2 is 1.95 bits per heavy atom. The van der Waals surface area contributed by atoms with Gasteiger partial charge in [0.05, 0.1) is 0 Å². The summed E-state index contributed by atoms with van der Waals surface area (Å²) in [6.07, 6.45) is 1.24. The van der Waals surface area contributed by atoms with E-state index in [9.17, 15) is 18.4 Å². The number of benzene rings is 1. The summed E-state index contributed by atoms with van der Waals surface area (Å²) >= 11 is 0. The van der Waals surface area contributed by atoms with Gasteiger partial charge in [-0.25, -0.2) is 13.6 Å². The number of hydrogen-bond acceptors (Lipinski definition) is 3. The molecule has 1 atom stereocenters. The van der Waals surface area contributed by atoms with E-state index < -0.39 is 30.8 Å². The van der Waals surface area contributed by atoms with Crippen LogP contribution < -0.4 is 10.1 Å². The summed E-state index contributed by atoms with van der Waals surface area (Å²) in [7, 11) is 0. The second-order valence-electron chi connectivity index (χ2n) is 4.01. The van der Waals surface area contributed by atoms with Crippen LogP contribution in [0.1, 0.15) is 16.8 Å². The lowest BCUT2D eigenvalue weighted by Crippen LogP contribution is -2.42. The summed E-state index contributed by atoms with van der Waals surface area (Å²) in [5.41, 5.74) is 0.128. The summed E-state index contributed by atoms with van der Waals surface area (Å²) in [4.78, 5) is 22.6. The average Bonchev–Trinajstić information content (AvgIpc) is 2.44. The van der Waals surface area contributed by atoms with Gasteiger partial charge in [-0.05, 0) is 24.3 Å². The topological polar surface area (TPSA) is 75.6 Å². The van der Waals surface area contributed by atoms with Crippen molar-refractivity contribution >= 4 is 11.9 Å². The van der Waals surface area contributed by atoms with E-state index in [2.05, 4.69) is 5.92 Å². The molecule has 0 spiro atoms. The summed E-state index contributed by atoms with van der Waals surface area (Å²) < 4.78 is 29.5. The van der Waals surface area contributed by atoms with Gasteiger partial charge >= 0.3 is 5.97 Å². The van der Waals surface area contributed by atoms with E-state index in [1.54, 1.807) is 0 Å². The average molecular weight is 297 g/mol. The molecule has 5 nitrogen and oxygen atoms in total. The number of terminal acetylenes is 1. The fraction of sp³-hybridized carbons (Fsp3) is 0.286. The Bertz CT molecular complexity index is 537. The Labute approximate surface area is 119 Å². The summed E-state index contributed by atoms with van der Waals surface area (Å²) in [6, 6.07) is 4.05. The van der Waals surface area contributed by atoms with Gasteiger partial charge in [0.2, 0.25) is 6.43 Å². The fourth-order valence-electron chi connectivity index (χ4n) is 1.47. The van der Waals surface area contributed by atoms with E-state index in [1.807, 2.05) is 5.32 Å².